The van der Waals surface area contributed by atoms with Crippen molar-refractivity contribution < 1.29 is 5.11 Å². The highest BCUT2D eigenvalue weighted by Gasteiger charge is 2.31. The molecular formula is C14H28N2O. The lowest BCUT2D eigenvalue weighted by molar-refractivity contribution is -0.00618. The summed E-state index contributed by atoms with van der Waals surface area (Å²) in [5, 5.41) is 13.9. The average Bonchev–Trinajstić information content (AvgIpc) is 2.82. The number of hydrogen-bond acceptors (Lipinski definition) is 3. The predicted molar refractivity (Wildman–Crippen MR) is 71.1 cm³/mol. The lowest BCUT2D eigenvalue weighted by atomic mass is 9.79. The maximum atomic E-state index is 10.4. The average molecular weight is 240 g/mol. The minimum atomic E-state index is -0.419. The van der Waals surface area contributed by atoms with Gasteiger partial charge in [0.15, 0.2) is 0 Å². The van der Waals surface area contributed by atoms with Crippen molar-refractivity contribution >= 4 is 0 Å². The highest BCUT2D eigenvalue weighted by Crippen LogP contribution is 2.31. The van der Waals surface area contributed by atoms with E-state index in [1.807, 2.05) is 0 Å². The molecule has 1 heterocycles. The van der Waals surface area contributed by atoms with Gasteiger partial charge in [0.05, 0.1) is 5.60 Å². The number of rotatable bonds is 5. The van der Waals surface area contributed by atoms with Gasteiger partial charge in [-0.1, -0.05) is 6.92 Å². The number of hydrogen-bond donors (Lipinski definition) is 2. The molecule has 3 heteroatoms. The van der Waals surface area contributed by atoms with Crippen LogP contribution in [0, 0.1) is 5.92 Å². The Kier molecular flexibility index (Phi) is 4.83. The Balaban J connectivity index is 1.57. The molecule has 2 N–H and O–H groups in total. The fourth-order valence-electron chi connectivity index (χ4n) is 3.04. The van der Waals surface area contributed by atoms with E-state index in [1.165, 1.54) is 38.8 Å². The molecule has 2 aliphatic rings. The van der Waals surface area contributed by atoms with Crippen LogP contribution in [0.5, 0.6) is 0 Å². The lowest BCUT2D eigenvalue weighted by Crippen LogP contribution is -2.45. The largest absolute Gasteiger partial charge is 0.389 e. The topological polar surface area (TPSA) is 35.5 Å². The van der Waals surface area contributed by atoms with Crippen molar-refractivity contribution in [3.8, 4) is 0 Å². The normalized spacial score (nSPS) is 35.3. The van der Waals surface area contributed by atoms with Crippen LogP contribution in [0.25, 0.3) is 0 Å². The summed E-state index contributed by atoms with van der Waals surface area (Å²) in [7, 11) is 0. The van der Waals surface area contributed by atoms with Crippen molar-refractivity contribution in [2.75, 3.05) is 32.7 Å². The van der Waals surface area contributed by atoms with E-state index in [0.29, 0.717) is 0 Å². The Morgan fingerprint density at radius 3 is 2.53 bits per heavy atom. The van der Waals surface area contributed by atoms with Gasteiger partial charge >= 0.3 is 0 Å². The van der Waals surface area contributed by atoms with Crippen LogP contribution in [0.2, 0.25) is 0 Å². The van der Waals surface area contributed by atoms with Gasteiger partial charge < -0.3 is 15.3 Å². The van der Waals surface area contributed by atoms with E-state index in [9.17, 15) is 5.11 Å². The van der Waals surface area contributed by atoms with Crippen molar-refractivity contribution in [3.05, 3.63) is 0 Å². The van der Waals surface area contributed by atoms with Crippen LogP contribution >= 0.6 is 0 Å². The molecule has 1 saturated heterocycles. The summed E-state index contributed by atoms with van der Waals surface area (Å²) in [4.78, 5) is 2.51. The molecule has 1 saturated carbocycles. The summed E-state index contributed by atoms with van der Waals surface area (Å²) in [6.45, 7) is 7.78. The number of likely N-dealkylation sites (tertiary alicyclic amines) is 1. The van der Waals surface area contributed by atoms with Crippen LogP contribution in [-0.2, 0) is 0 Å². The van der Waals surface area contributed by atoms with Crippen LogP contribution < -0.4 is 5.32 Å². The smallest absolute Gasteiger partial charge is 0.0771 e. The van der Waals surface area contributed by atoms with Crippen LogP contribution in [-0.4, -0.2) is 48.3 Å². The second kappa shape index (κ2) is 6.17. The molecule has 0 radical (unpaired) electrons. The van der Waals surface area contributed by atoms with Gasteiger partial charge in [-0.15, -0.1) is 0 Å². The van der Waals surface area contributed by atoms with Gasteiger partial charge in [0, 0.05) is 19.6 Å². The molecule has 0 bridgehead atoms. The zero-order valence-electron chi connectivity index (χ0n) is 11.2. The zero-order chi connectivity index (χ0) is 12.1. The van der Waals surface area contributed by atoms with E-state index in [-0.39, 0.29) is 0 Å². The molecule has 0 aromatic heterocycles. The molecule has 0 amide bonds. The Morgan fingerprint density at radius 1 is 1.24 bits per heavy atom. The van der Waals surface area contributed by atoms with Crippen LogP contribution in [0.1, 0.15) is 45.4 Å². The van der Waals surface area contributed by atoms with E-state index in [0.717, 1.165) is 38.4 Å². The molecular weight excluding hydrogens is 212 g/mol. The first-order valence-electron chi connectivity index (χ1n) is 7.33. The molecule has 2 fully saturated rings. The monoisotopic (exact) mass is 240 g/mol. The summed E-state index contributed by atoms with van der Waals surface area (Å²) in [6.07, 6.45) is 7.05. The van der Waals surface area contributed by atoms with Gasteiger partial charge in [0.25, 0.3) is 0 Å². The summed E-state index contributed by atoms with van der Waals surface area (Å²) >= 11 is 0. The van der Waals surface area contributed by atoms with Crippen LogP contribution in [0.3, 0.4) is 0 Å². The summed E-state index contributed by atoms with van der Waals surface area (Å²) in [5.74, 6) is 0.805. The predicted octanol–water partition coefficient (Wildman–Crippen LogP) is 1.61. The second-order valence-corrected chi connectivity index (χ2v) is 6.13. The molecule has 1 aliphatic heterocycles. The standard InChI is InChI=1S/C14H28N2O/c1-13-4-6-14(17,7-5-13)12-15-8-11-16-9-2-3-10-16/h13,15,17H,2-12H2,1H3. The Morgan fingerprint density at radius 2 is 1.88 bits per heavy atom. The van der Waals surface area contributed by atoms with Gasteiger partial charge in [-0.25, -0.2) is 0 Å². The van der Waals surface area contributed by atoms with E-state index in [2.05, 4.69) is 17.1 Å². The molecule has 0 spiro atoms. The third-order valence-electron chi connectivity index (χ3n) is 4.46. The van der Waals surface area contributed by atoms with E-state index in [4.69, 9.17) is 0 Å². The molecule has 3 nitrogen and oxygen atoms in total. The molecule has 100 valence electrons. The SMILES string of the molecule is CC1CCC(O)(CNCCN2CCCC2)CC1. The second-order valence-electron chi connectivity index (χ2n) is 6.13. The minimum Gasteiger partial charge on any atom is -0.389 e. The van der Waals surface area contributed by atoms with Gasteiger partial charge in [-0.3, -0.25) is 0 Å². The molecule has 2 rings (SSSR count). The molecule has 1 aliphatic carbocycles. The number of aliphatic hydroxyl groups is 1. The van der Waals surface area contributed by atoms with Crippen molar-refractivity contribution in [2.24, 2.45) is 5.92 Å². The first-order valence-corrected chi connectivity index (χ1v) is 7.33. The summed E-state index contributed by atoms with van der Waals surface area (Å²) in [6, 6.07) is 0. The van der Waals surface area contributed by atoms with Crippen molar-refractivity contribution in [1.29, 1.82) is 0 Å². The van der Waals surface area contributed by atoms with E-state index in [1.54, 1.807) is 0 Å². The molecule has 0 unspecified atom stereocenters. The molecule has 0 aromatic carbocycles. The fourth-order valence-corrected chi connectivity index (χ4v) is 3.04. The fraction of sp³-hybridized carbons (Fsp3) is 1.00. The number of nitrogens with zero attached hydrogens (tertiary/aromatic N) is 1. The minimum absolute atomic E-state index is 0.419. The molecule has 0 atom stereocenters. The van der Waals surface area contributed by atoms with E-state index >= 15 is 0 Å². The Hall–Kier alpha value is -0.120. The van der Waals surface area contributed by atoms with Crippen LogP contribution in [0.4, 0.5) is 0 Å². The molecule has 17 heavy (non-hydrogen) atoms. The maximum absolute atomic E-state index is 10.4. The van der Waals surface area contributed by atoms with Crippen molar-refractivity contribution in [1.82, 2.24) is 10.2 Å². The van der Waals surface area contributed by atoms with Crippen molar-refractivity contribution in [3.63, 3.8) is 0 Å². The molecule has 0 aromatic rings. The van der Waals surface area contributed by atoms with Gasteiger partial charge in [0.1, 0.15) is 0 Å². The zero-order valence-corrected chi connectivity index (χ0v) is 11.2. The summed E-state index contributed by atoms with van der Waals surface area (Å²) < 4.78 is 0. The first-order chi connectivity index (χ1) is 8.18. The van der Waals surface area contributed by atoms with Gasteiger partial charge in [-0.05, 0) is 57.5 Å². The summed E-state index contributed by atoms with van der Waals surface area (Å²) in [5.41, 5.74) is -0.419. The highest BCUT2D eigenvalue weighted by atomic mass is 16.3. The third-order valence-corrected chi connectivity index (χ3v) is 4.46. The Labute approximate surface area is 106 Å². The number of nitrogens with one attached hydrogen (secondary N) is 1. The highest BCUT2D eigenvalue weighted by molar-refractivity contribution is 4.86. The Bertz CT molecular complexity index is 218. The van der Waals surface area contributed by atoms with Gasteiger partial charge in [0.2, 0.25) is 0 Å². The van der Waals surface area contributed by atoms with E-state index < -0.39 is 5.60 Å². The quantitative estimate of drug-likeness (QED) is 0.717. The maximum Gasteiger partial charge on any atom is 0.0771 e. The lowest BCUT2D eigenvalue weighted by Gasteiger charge is -2.35. The van der Waals surface area contributed by atoms with Gasteiger partial charge in [-0.2, -0.15) is 0 Å². The van der Waals surface area contributed by atoms with Crippen LogP contribution in [0.15, 0.2) is 0 Å². The van der Waals surface area contributed by atoms with Crippen molar-refractivity contribution in [2.45, 2.75) is 51.0 Å². The first kappa shape index (κ1) is 13.3. The third kappa shape index (κ3) is 4.23.